The van der Waals surface area contributed by atoms with E-state index in [-0.39, 0.29) is 5.92 Å². The molecule has 0 atom stereocenters. The minimum Gasteiger partial charge on any atom is -0.489 e. The van der Waals surface area contributed by atoms with Crippen molar-refractivity contribution in [3.05, 3.63) is 63.7 Å². The summed E-state index contributed by atoms with van der Waals surface area (Å²) in [6, 6.07) is 13.0. The van der Waals surface area contributed by atoms with Gasteiger partial charge in [0.15, 0.2) is 0 Å². The highest BCUT2D eigenvalue weighted by atomic mass is 35.5. The van der Waals surface area contributed by atoms with Gasteiger partial charge in [-0.1, -0.05) is 36.7 Å². The number of fused-ring (bicyclic) bond motifs is 1. The van der Waals surface area contributed by atoms with Gasteiger partial charge in [-0.3, -0.25) is 9.69 Å². The van der Waals surface area contributed by atoms with Crippen LogP contribution in [0.15, 0.2) is 36.4 Å². The van der Waals surface area contributed by atoms with E-state index in [9.17, 15) is 4.79 Å². The Morgan fingerprint density at radius 1 is 1.20 bits per heavy atom. The number of benzene rings is 2. The number of carboxylic acid groups (broad SMARTS) is 1. The molecular formula is C25H28ClNO3. The summed E-state index contributed by atoms with van der Waals surface area (Å²) in [5.41, 5.74) is 5.49. The van der Waals surface area contributed by atoms with E-state index in [0.717, 1.165) is 61.5 Å². The van der Waals surface area contributed by atoms with Gasteiger partial charge in [-0.15, -0.1) is 0 Å². The van der Waals surface area contributed by atoms with Crippen LogP contribution in [0, 0.1) is 11.3 Å². The van der Waals surface area contributed by atoms with Crippen molar-refractivity contribution in [2.75, 3.05) is 13.1 Å². The van der Waals surface area contributed by atoms with Crippen molar-refractivity contribution in [3.8, 4) is 5.75 Å². The van der Waals surface area contributed by atoms with Crippen molar-refractivity contribution >= 4 is 17.6 Å². The molecule has 2 fully saturated rings. The lowest BCUT2D eigenvalue weighted by atomic mass is 9.71. The van der Waals surface area contributed by atoms with Crippen molar-refractivity contribution in [1.82, 2.24) is 4.90 Å². The maximum Gasteiger partial charge on any atom is 0.306 e. The van der Waals surface area contributed by atoms with Gasteiger partial charge in [-0.2, -0.15) is 0 Å². The van der Waals surface area contributed by atoms with E-state index in [0.29, 0.717) is 18.1 Å². The normalized spacial score (nSPS) is 24.2. The van der Waals surface area contributed by atoms with Gasteiger partial charge >= 0.3 is 5.97 Å². The molecule has 30 heavy (non-hydrogen) atoms. The molecule has 1 aliphatic heterocycles. The van der Waals surface area contributed by atoms with E-state index in [1.807, 2.05) is 12.1 Å². The lowest BCUT2D eigenvalue weighted by molar-refractivity contribution is -0.150. The van der Waals surface area contributed by atoms with Crippen LogP contribution in [0.5, 0.6) is 5.75 Å². The summed E-state index contributed by atoms with van der Waals surface area (Å²) in [4.78, 5) is 13.5. The molecule has 0 aromatic heterocycles. The summed E-state index contributed by atoms with van der Waals surface area (Å²) in [5, 5.41) is 9.86. The number of rotatable bonds is 6. The Morgan fingerprint density at radius 3 is 2.70 bits per heavy atom. The van der Waals surface area contributed by atoms with E-state index in [2.05, 4.69) is 36.1 Å². The number of halogens is 1. The summed E-state index contributed by atoms with van der Waals surface area (Å²) in [7, 11) is 0. The number of hydrogen-bond donors (Lipinski definition) is 1. The highest BCUT2D eigenvalue weighted by molar-refractivity contribution is 6.31. The number of ether oxygens (including phenoxy) is 1. The minimum atomic E-state index is -0.634. The van der Waals surface area contributed by atoms with Crippen molar-refractivity contribution < 1.29 is 14.6 Å². The van der Waals surface area contributed by atoms with E-state index in [4.69, 9.17) is 21.4 Å². The van der Waals surface area contributed by atoms with Crippen LogP contribution >= 0.6 is 11.6 Å². The monoisotopic (exact) mass is 425 g/mol. The third-order valence-corrected chi connectivity index (χ3v) is 7.70. The fourth-order valence-electron chi connectivity index (χ4n) is 5.54. The predicted octanol–water partition coefficient (Wildman–Crippen LogP) is 4.75. The van der Waals surface area contributed by atoms with Crippen LogP contribution in [-0.4, -0.2) is 35.1 Å². The zero-order valence-corrected chi connectivity index (χ0v) is 18.1. The molecule has 0 radical (unpaired) electrons. The zero-order chi connectivity index (χ0) is 20.9. The maximum atomic E-state index is 11.0. The molecule has 1 spiro atoms. The van der Waals surface area contributed by atoms with Crippen LogP contribution in [0.25, 0.3) is 0 Å². The molecule has 2 aliphatic carbocycles. The third kappa shape index (κ3) is 3.50. The molecule has 3 aliphatic rings. The van der Waals surface area contributed by atoms with Crippen molar-refractivity contribution in [2.45, 2.75) is 51.7 Å². The molecule has 4 nitrogen and oxygen atoms in total. The molecular weight excluding hydrogens is 398 g/mol. The lowest BCUT2D eigenvalue weighted by Crippen LogP contribution is -2.63. The Kier molecular flexibility index (Phi) is 5.03. The highest BCUT2D eigenvalue weighted by Gasteiger charge is 2.51. The molecule has 1 heterocycles. The third-order valence-electron chi connectivity index (χ3n) is 7.34. The average molecular weight is 426 g/mol. The van der Waals surface area contributed by atoms with Gasteiger partial charge < -0.3 is 9.84 Å². The quantitative estimate of drug-likeness (QED) is 0.725. The van der Waals surface area contributed by atoms with Crippen LogP contribution in [0.4, 0.5) is 0 Å². The van der Waals surface area contributed by atoms with Crippen molar-refractivity contribution in [3.63, 3.8) is 0 Å². The Morgan fingerprint density at radius 2 is 1.97 bits per heavy atom. The highest BCUT2D eigenvalue weighted by Crippen LogP contribution is 2.48. The second-order valence-electron chi connectivity index (χ2n) is 9.37. The topological polar surface area (TPSA) is 49.8 Å². The van der Waals surface area contributed by atoms with Gasteiger partial charge in [-0.05, 0) is 67.0 Å². The first-order valence-corrected chi connectivity index (χ1v) is 11.3. The molecule has 1 saturated carbocycles. The number of aryl methyl sites for hydroxylation is 1. The van der Waals surface area contributed by atoms with Crippen LogP contribution in [0.3, 0.4) is 0 Å². The molecule has 1 saturated heterocycles. The molecule has 5 heteroatoms. The number of nitrogens with zero attached hydrogens (tertiary/aromatic N) is 1. The van der Waals surface area contributed by atoms with E-state index in [1.165, 1.54) is 16.7 Å². The van der Waals surface area contributed by atoms with E-state index < -0.39 is 5.97 Å². The second kappa shape index (κ2) is 7.58. The fraction of sp³-hybridized carbons (Fsp3) is 0.480. The fourth-order valence-corrected chi connectivity index (χ4v) is 5.78. The molecule has 0 amide bonds. The van der Waals surface area contributed by atoms with E-state index >= 15 is 0 Å². The second-order valence-corrected chi connectivity index (χ2v) is 9.78. The molecule has 0 bridgehead atoms. The number of carboxylic acids is 1. The Hall–Kier alpha value is -2.04. The number of aliphatic carboxylic acids is 1. The molecule has 0 unspecified atom stereocenters. The summed E-state index contributed by atoms with van der Waals surface area (Å²) in [6.07, 6.45) is 4.79. The average Bonchev–Trinajstić information content (AvgIpc) is 3.04. The largest absolute Gasteiger partial charge is 0.489 e. The molecule has 5 rings (SSSR count). The molecule has 158 valence electrons. The molecule has 1 N–H and O–H groups in total. The number of carbonyl (C=O) groups is 1. The van der Waals surface area contributed by atoms with Crippen LogP contribution in [0.1, 0.15) is 42.0 Å². The Bertz CT molecular complexity index is 976. The predicted molar refractivity (Wildman–Crippen MR) is 117 cm³/mol. The van der Waals surface area contributed by atoms with Gasteiger partial charge in [0.05, 0.1) is 5.92 Å². The smallest absolute Gasteiger partial charge is 0.306 e. The first-order chi connectivity index (χ1) is 14.5. The first-order valence-electron chi connectivity index (χ1n) is 10.9. The van der Waals surface area contributed by atoms with Crippen LogP contribution in [0.2, 0.25) is 5.02 Å². The maximum absolute atomic E-state index is 11.0. The number of hydrogen-bond acceptors (Lipinski definition) is 3. The van der Waals surface area contributed by atoms with Gasteiger partial charge in [0.25, 0.3) is 0 Å². The summed E-state index contributed by atoms with van der Waals surface area (Å²) >= 11 is 6.40. The minimum absolute atomic E-state index is 0.127. The Balaban J connectivity index is 1.19. The summed E-state index contributed by atoms with van der Waals surface area (Å²) in [6.45, 7) is 4.81. The van der Waals surface area contributed by atoms with Gasteiger partial charge in [0.2, 0.25) is 0 Å². The molecule has 2 aromatic carbocycles. The van der Waals surface area contributed by atoms with E-state index in [1.54, 1.807) is 0 Å². The van der Waals surface area contributed by atoms with Crippen molar-refractivity contribution in [2.24, 2.45) is 11.3 Å². The summed E-state index contributed by atoms with van der Waals surface area (Å²) in [5.74, 6) is 0.149. The van der Waals surface area contributed by atoms with Crippen molar-refractivity contribution in [1.29, 1.82) is 0 Å². The van der Waals surface area contributed by atoms with Gasteiger partial charge in [0.1, 0.15) is 12.4 Å². The Labute approximate surface area is 182 Å². The standard InChI is InChI=1S/C25H28ClNO3/c1-2-16-4-3-5-23(26)22(16)13-30-21-7-6-17-11-25(12-19(17)10-21)14-27(15-25)20-8-18(9-20)24(28)29/h3-7,10,18,20H,2,8-9,11-15H2,1H3,(H,28,29). The van der Waals surface area contributed by atoms with Crippen LogP contribution in [-0.2, 0) is 30.7 Å². The zero-order valence-electron chi connectivity index (χ0n) is 17.4. The lowest BCUT2D eigenvalue weighted by Gasteiger charge is -2.55. The first kappa shape index (κ1) is 19.9. The van der Waals surface area contributed by atoms with Crippen LogP contribution < -0.4 is 4.74 Å². The molecule has 2 aromatic rings. The van der Waals surface area contributed by atoms with Gasteiger partial charge in [-0.25, -0.2) is 0 Å². The summed E-state index contributed by atoms with van der Waals surface area (Å²) < 4.78 is 6.13. The van der Waals surface area contributed by atoms with Gasteiger partial charge in [0, 0.05) is 35.1 Å². The number of likely N-dealkylation sites (tertiary alicyclic amines) is 1. The SMILES string of the molecule is CCc1cccc(Cl)c1COc1ccc2c(c1)CC1(C2)CN(C2CC(C(=O)O)C2)C1.